The van der Waals surface area contributed by atoms with Gasteiger partial charge in [0.25, 0.3) is 0 Å². The summed E-state index contributed by atoms with van der Waals surface area (Å²) in [7, 11) is 0. The highest BCUT2D eigenvalue weighted by molar-refractivity contribution is 5.71. The number of carbonyl (C=O) groups excluding carboxylic acids is 1. The molecule has 0 bridgehead atoms. The first-order valence-corrected chi connectivity index (χ1v) is 2.82. The Kier molecular flexibility index (Phi) is 1.41. The van der Waals surface area contributed by atoms with Crippen LogP contribution in [0.1, 0.15) is 6.42 Å². The zero-order valence-electron chi connectivity index (χ0n) is 4.96. The van der Waals surface area contributed by atoms with Gasteiger partial charge < -0.3 is 9.90 Å². The molecule has 1 fully saturated rings. The van der Waals surface area contributed by atoms with Gasteiger partial charge in [0.2, 0.25) is 0 Å². The minimum Gasteiger partial charge on any atom is -0.550 e. The lowest BCUT2D eigenvalue weighted by molar-refractivity contribution is -0.308. The van der Waals surface area contributed by atoms with E-state index in [9.17, 15) is 9.90 Å². The Bertz CT molecular complexity index is 171. The molecule has 48 valence electrons. The fourth-order valence-electron chi connectivity index (χ4n) is 0.821. The second-order valence-corrected chi connectivity index (χ2v) is 2.20. The molecule has 2 unspecified atom stereocenters. The molecule has 0 aromatic heterocycles. The predicted octanol–water partition coefficient (Wildman–Crippen LogP) is -0.287. The second kappa shape index (κ2) is 2.08. The maximum absolute atomic E-state index is 10.1. The third kappa shape index (κ3) is 1.21. The summed E-state index contributed by atoms with van der Waals surface area (Å²) in [4.78, 5) is 10.1. The largest absolute Gasteiger partial charge is 0.550 e. The molecule has 0 heterocycles. The molecule has 1 saturated carbocycles. The molecule has 0 saturated heterocycles. The van der Waals surface area contributed by atoms with Crippen molar-refractivity contribution in [2.24, 2.45) is 11.8 Å². The third-order valence-corrected chi connectivity index (χ3v) is 1.47. The molecule has 1 aliphatic carbocycles. The highest BCUT2D eigenvalue weighted by Gasteiger charge is 2.35. The van der Waals surface area contributed by atoms with E-state index in [1.807, 2.05) is 0 Å². The minimum atomic E-state index is -0.952. The van der Waals surface area contributed by atoms with Crippen LogP contribution in [0.3, 0.4) is 0 Å². The molecular formula is C7H7O2-. The maximum atomic E-state index is 10.1. The quantitative estimate of drug-likeness (QED) is 0.473. The van der Waals surface area contributed by atoms with Crippen molar-refractivity contribution in [1.82, 2.24) is 0 Å². The fourth-order valence-corrected chi connectivity index (χ4v) is 0.821. The Balaban J connectivity index is 2.41. The zero-order chi connectivity index (χ0) is 6.85. The number of hydrogen-bond acceptors (Lipinski definition) is 2. The summed E-state index contributed by atoms with van der Waals surface area (Å²) in [6.45, 7) is 3.34. The number of carbonyl (C=O) groups is 1. The van der Waals surface area contributed by atoms with Gasteiger partial charge in [-0.15, -0.1) is 5.73 Å². The molecule has 0 radical (unpaired) electrons. The van der Waals surface area contributed by atoms with Crippen LogP contribution in [-0.2, 0) is 4.79 Å². The van der Waals surface area contributed by atoms with E-state index in [2.05, 4.69) is 12.3 Å². The molecule has 9 heavy (non-hydrogen) atoms. The maximum Gasteiger partial charge on any atom is 0.0451 e. The van der Waals surface area contributed by atoms with Gasteiger partial charge in [0.1, 0.15) is 0 Å². The highest BCUT2D eigenvalue weighted by Crippen LogP contribution is 2.38. The molecule has 1 rings (SSSR count). The summed E-state index contributed by atoms with van der Waals surface area (Å²) in [5.74, 6) is -1.07. The smallest absolute Gasteiger partial charge is 0.0451 e. The van der Waals surface area contributed by atoms with Crippen LogP contribution >= 0.6 is 0 Å². The van der Waals surface area contributed by atoms with Gasteiger partial charge in [-0.2, -0.15) is 0 Å². The van der Waals surface area contributed by atoms with Crippen molar-refractivity contribution < 1.29 is 9.90 Å². The van der Waals surface area contributed by atoms with E-state index in [-0.39, 0.29) is 11.8 Å². The van der Waals surface area contributed by atoms with Crippen molar-refractivity contribution in [3.63, 3.8) is 0 Å². The van der Waals surface area contributed by atoms with Crippen molar-refractivity contribution in [2.45, 2.75) is 6.42 Å². The molecule has 1 aliphatic rings. The molecule has 2 heteroatoms. The SMILES string of the molecule is C=C=CC1CC1C(=O)[O-]. The molecule has 0 amide bonds. The van der Waals surface area contributed by atoms with Gasteiger partial charge in [0.15, 0.2) is 0 Å². The van der Waals surface area contributed by atoms with E-state index in [4.69, 9.17) is 0 Å². The Morgan fingerprint density at radius 3 is 2.89 bits per heavy atom. The van der Waals surface area contributed by atoms with Gasteiger partial charge in [0, 0.05) is 11.9 Å². The van der Waals surface area contributed by atoms with Crippen molar-refractivity contribution in [2.75, 3.05) is 0 Å². The molecule has 0 N–H and O–H groups in total. The predicted molar refractivity (Wildman–Crippen MR) is 30.3 cm³/mol. The first-order chi connectivity index (χ1) is 4.25. The van der Waals surface area contributed by atoms with Crippen LogP contribution in [0.2, 0.25) is 0 Å². The highest BCUT2D eigenvalue weighted by atomic mass is 16.4. The topological polar surface area (TPSA) is 40.1 Å². The summed E-state index contributed by atoms with van der Waals surface area (Å²) in [6.07, 6.45) is 2.38. The second-order valence-electron chi connectivity index (χ2n) is 2.20. The summed E-state index contributed by atoms with van der Waals surface area (Å²) in [6, 6.07) is 0. The van der Waals surface area contributed by atoms with E-state index in [1.54, 1.807) is 6.08 Å². The monoisotopic (exact) mass is 123 g/mol. The number of aliphatic carboxylic acids is 1. The normalized spacial score (nSPS) is 30.7. The van der Waals surface area contributed by atoms with Crippen molar-refractivity contribution in [3.05, 3.63) is 18.4 Å². The van der Waals surface area contributed by atoms with E-state index < -0.39 is 5.97 Å². The zero-order valence-corrected chi connectivity index (χ0v) is 4.96. The lowest BCUT2D eigenvalue weighted by Gasteiger charge is -1.93. The Morgan fingerprint density at radius 2 is 2.56 bits per heavy atom. The van der Waals surface area contributed by atoms with Crippen LogP contribution in [0.5, 0.6) is 0 Å². The molecule has 0 aromatic carbocycles. The van der Waals surface area contributed by atoms with Gasteiger partial charge in [-0.1, -0.05) is 6.58 Å². The van der Waals surface area contributed by atoms with Gasteiger partial charge in [-0.25, -0.2) is 0 Å². The number of rotatable bonds is 2. The summed E-state index contributed by atoms with van der Waals surface area (Å²) < 4.78 is 0. The summed E-state index contributed by atoms with van der Waals surface area (Å²) >= 11 is 0. The van der Waals surface area contributed by atoms with Crippen LogP contribution in [0, 0.1) is 11.8 Å². The first-order valence-electron chi connectivity index (χ1n) is 2.82. The average molecular weight is 123 g/mol. The van der Waals surface area contributed by atoms with E-state index in [0.717, 1.165) is 0 Å². The van der Waals surface area contributed by atoms with Crippen LogP contribution in [0.15, 0.2) is 18.4 Å². The average Bonchev–Trinajstić information content (AvgIpc) is 2.47. The number of carboxylic acids is 1. The molecule has 0 aromatic rings. The molecule has 2 atom stereocenters. The van der Waals surface area contributed by atoms with Crippen molar-refractivity contribution in [3.8, 4) is 0 Å². The molecule has 0 spiro atoms. The lowest BCUT2D eigenvalue weighted by atomic mass is 10.3. The number of carboxylic acid groups (broad SMARTS) is 1. The van der Waals surface area contributed by atoms with E-state index in [1.165, 1.54) is 0 Å². The van der Waals surface area contributed by atoms with Gasteiger partial charge in [-0.05, 0) is 18.4 Å². The minimum absolute atomic E-state index is 0.146. The van der Waals surface area contributed by atoms with Gasteiger partial charge in [0.05, 0.1) is 0 Å². The summed E-state index contributed by atoms with van der Waals surface area (Å²) in [5.41, 5.74) is 2.55. The molecular weight excluding hydrogens is 116 g/mol. The molecule has 0 aliphatic heterocycles. The Morgan fingerprint density at radius 1 is 1.89 bits per heavy atom. The van der Waals surface area contributed by atoms with Crippen LogP contribution < -0.4 is 5.11 Å². The van der Waals surface area contributed by atoms with Gasteiger partial charge in [-0.3, -0.25) is 0 Å². The van der Waals surface area contributed by atoms with E-state index in [0.29, 0.717) is 6.42 Å². The van der Waals surface area contributed by atoms with Crippen LogP contribution in [0.25, 0.3) is 0 Å². The fraction of sp³-hybridized carbons (Fsp3) is 0.429. The van der Waals surface area contributed by atoms with Crippen molar-refractivity contribution >= 4 is 5.97 Å². The van der Waals surface area contributed by atoms with Crippen LogP contribution in [-0.4, -0.2) is 5.97 Å². The molecule has 2 nitrogen and oxygen atoms in total. The number of hydrogen-bond donors (Lipinski definition) is 0. The Hall–Kier alpha value is -1.01. The van der Waals surface area contributed by atoms with Crippen molar-refractivity contribution in [1.29, 1.82) is 0 Å². The third-order valence-electron chi connectivity index (χ3n) is 1.47. The lowest BCUT2D eigenvalue weighted by Crippen LogP contribution is -2.24. The first kappa shape index (κ1) is 6.12. The van der Waals surface area contributed by atoms with Crippen LogP contribution in [0.4, 0.5) is 0 Å². The van der Waals surface area contributed by atoms with E-state index >= 15 is 0 Å². The number of allylic oxidation sites excluding steroid dienone is 1. The summed E-state index contributed by atoms with van der Waals surface area (Å²) in [5, 5.41) is 10.1. The Labute approximate surface area is 53.5 Å². The van der Waals surface area contributed by atoms with Gasteiger partial charge >= 0.3 is 0 Å². The standard InChI is InChI=1S/C7H8O2/c1-2-3-5-4-6(5)7(8)9/h3,5-6H,1,4H2,(H,8,9)/p-1.